The van der Waals surface area contributed by atoms with Gasteiger partial charge in [0.25, 0.3) is 0 Å². The molecule has 1 aliphatic heterocycles. The minimum absolute atomic E-state index is 0.0844. The average Bonchev–Trinajstić information content (AvgIpc) is 2.64. The number of hydrogen-bond donors (Lipinski definition) is 3. The first kappa shape index (κ1) is 15.0. The van der Waals surface area contributed by atoms with Crippen molar-refractivity contribution >= 4 is 21.6 Å². The van der Waals surface area contributed by atoms with E-state index in [9.17, 15) is 13.2 Å². The molecule has 0 radical (unpaired) electrons. The topological polar surface area (TPSA) is 95.5 Å². The van der Waals surface area contributed by atoms with E-state index >= 15 is 0 Å². The SMILES string of the molecule is CC1C(=O)Nc2ccc(S(=O)(=O)NC(C)(C)CO)cc21. The summed E-state index contributed by atoms with van der Waals surface area (Å²) in [6.07, 6.45) is 0. The minimum atomic E-state index is -3.74. The Kier molecular flexibility index (Phi) is 3.62. The lowest BCUT2D eigenvalue weighted by Gasteiger charge is -2.23. The standard InChI is InChI=1S/C13H18N2O4S/c1-8-10-6-9(4-5-11(10)14-12(8)17)20(18,19)15-13(2,3)7-16/h4-6,8,15-16H,7H2,1-3H3,(H,14,17). The van der Waals surface area contributed by atoms with E-state index in [-0.39, 0.29) is 23.3 Å². The first-order valence-corrected chi connectivity index (χ1v) is 7.74. The zero-order chi connectivity index (χ0) is 15.1. The lowest BCUT2D eigenvalue weighted by molar-refractivity contribution is -0.116. The van der Waals surface area contributed by atoms with Crippen LogP contribution >= 0.6 is 0 Å². The third-order valence-corrected chi connectivity index (χ3v) is 4.95. The molecule has 20 heavy (non-hydrogen) atoms. The highest BCUT2D eigenvalue weighted by Crippen LogP contribution is 2.33. The molecule has 1 aliphatic rings. The van der Waals surface area contributed by atoms with Crippen molar-refractivity contribution in [2.75, 3.05) is 11.9 Å². The van der Waals surface area contributed by atoms with Crippen molar-refractivity contribution in [2.45, 2.75) is 37.1 Å². The molecular formula is C13H18N2O4S. The Bertz CT molecular complexity index is 652. The summed E-state index contributed by atoms with van der Waals surface area (Å²) in [5.41, 5.74) is 0.361. The molecule has 0 bridgehead atoms. The minimum Gasteiger partial charge on any atom is -0.394 e. The monoisotopic (exact) mass is 298 g/mol. The number of benzene rings is 1. The van der Waals surface area contributed by atoms with Crippen molar-refractivity contribution in [2.24, 2.45) is 0 Å². The molecule has 0 saturated heterocycles. The molecule has 0 saturated carbocycles. The van der Waals surface area contributed by atoms with Crippen LogP contribution < -0.4 is 10.0 Å². The van der Waals surface area contributed by atoms with Crippen LogP contribution in [0.1, 0.15) is 32.3 Å². The smallest absolute Gasteiger partial charge is 0.241 e. The molecule has 1 atom stereocenters. The first-order valence-electron chi connectivity index (χ1n) is 6.26. The lowest BCUT2D eigenvalue weighted by Crippen LogP contribution is -2.46. The predicted molar refractivity (Wildman–Crippen MR) is 75.0 cm³/mol. The molecule has 3 N–H and O–H groups in total. The Balaban J connectivity index is 2.38. The molecule has 0 aliphatic carbocycles. The van der Waals surface area contributed by atoms with Crippen molar-refractivity contribution < 1.29 is 18.3 Å². The van der Waals surface area contributed by atoms with Crippen LogP contribution in [0.25, 0.3) is 0 Å². The van der Waals surface area contributed by atoms with Crippen LogP contribution in [-0.2, 0) is 14.8 Å². The normalized spacial score (nSPS) is 18.8. The van der Waals surface area contributed by atoms with Crippen molar-refractivity contribution in [3.05, 3.63) is 23.8 Å². The number of sulfonamides is 1. The number of aliphatic hydroxyl groups is 1. The Hall–Kier alpha value is -1.44. The second-order valence-electron chi connectivity index (χ2n) is 5.61. The van der Waals surface area contributed by atoms with Crippen LogP contribution in [0, 0.1) is 0 Å². The number of carbonyl (C=O) groups excluding carboxylic acids is 1. The molecule has 2 rings (SSSR count). The second-order valence-corrected chi connectivity index (χ2v) is 7.29. The van der Waals surface area contributed by atoms with Crippen LogP contribution in [0.15, 0.2) is 23.1 Å². The fourth-order valence-corrected chi connectivity index (χ4v) is 3.46. The van der Waals surface area contributed by atoms with E-state index in [1.165, 1.54) is 12.1 Å². The largest absolute Gasteiger partial charge is 0.394 e. The average molecular weight is 298 g/mol. The Morgan fingerprint density at radius 3 is 2.65 bits per heavy atom. The van der Waals surface area contributed by atoms with Crippen molar-refractivity contribution in [3.63, 3.8) is 0 Å². The summed E-state index contributed by atoms with van der Waals surface area (Å²) >= 11 is 0. The van der Waals surface area contributed by atoms with E-state index in [0.717, 1.165) is 0 Å². The van der Waals surface area contributed by atoms with E-state index in [4.69, 9.17) is 5.11 Å². The molecule has 1 aromatic carbocycles. The maximum Gasteiger partial charge on any atom is 0.241 e. The van der Waals surface area contributed by atoms with Crippen LogP contribution in [0.3, 0.4) is 0 Å². The van der Waals surface area contributed by atoms with Gasteiger partial charge < -0.3 is 10.4 Å². The Morgan fingerprint density at radius 2 is 2.05 bits per heavy atom. The zero-order valence-corrected chi connectivity index (χ0v) is 12.4. The molecule has 0 fully saturated rings. The van der Waals surface area contributed by atoms with Gasteiger partial charge >= 0.3 is 0 Å². The summed E-state index contributed by atoms with van der Waals surface area (Å²) in [5, 5.41) is 11.8. The molecule has 110 valence electrons. The number of hydrogen-bond acceptors (Lipinski definition) is 4. The number of rotatable bonds is 4. The van der Waals surface area contributed by atoms with Gasteiger partial charge in [0.1, 0.15) is 0 Å². The van der Waals surface area contributed by atoms with E-state index < -0.39 is 15.6 Å². The van der Waals surface area contributed by atoms with Gasteiger partial charge in [-0.3, -0.25) is 4.79 Å². The highest BCUT2D eigenvalue weighted by molar-refractivity contribution is 7.89. The van der Waals surface area contributed by atoms with Crippen LogP contribution in [-0.4, -0.2) is 31.6 Å². The van der Waals surface area contributed by atoms with Gasteiger partial charge in [0.15, 0.2) is 0 Å². The summed E-state index contributed by atoms with van der Waals surface area (Å²) < 4.78 is 27.0. The van der Waals surface area contributed by atoms with Crippen molar-refractivity contribution in [3.8, 4) is 0 Å². The Morgan fingerprint density at radius 1 is 1.40 bits per heavy atom. The maximum absolute atomic E-state index is 12.3. The summed E-state index contributed by atoms with van der Waals surface area (Å²) in [4.78, 5) is 11.6. The summed E-state index contributed by atoms with van der Waals surface area (Å²) in [5.74, 6) is -0.510. The fourth-order valence-electron chi connectivity index (χ4n) is 2.02. The lowest BCUT2D eigenvalue weighted by atomic mass is 10.0. The van der Waals surface area contributed by atoms with Crippen LogP contribution in [0.2, 0.25) is 0 Å². The first-order chi connectivity index (χ1) is 9.16. The molecule has 7 heteroatoms. The summed E-state index contributed by atoms with van der Waals surface area (Å²) in [6.45, 7) is 4.59. The summed E-state index contributed by atoms with van der Waals surface area (Å²) in [6, 6.07) is 4.51. The molecule has 1 aromatic rings. The number of carbonyl (C=O) groups is 1. The predicted octanol–water partition coefficient (Wildman–Crippen LogP) is 0.791. The van der Waals surface area contributed by atoms with Crippen molar-refractivity contribution in [1.82, 2.24) is 4.72 Å². The highest BCUT2D eigenvalue weighted by Gasteiger charge is 2.30. The number of nitrogens with one attached hydrogen (secondary N) is 2. The quantitative estimate of drug-likeness (QED) is 0.766. The third-order valence-electron chi connectivity index (χ3n) is 3.26. The molecule has 1 unspecified atom stereocenters. The van der Waals surface area contributed by atoms with E-state index in [1.807, 2.05) is 0 Å². The van der Waals surface area contributed by atoms with Crippen LogP contribution in [0.5, 0.6) is 0 Å². The molecule has 1 amide bonds. The molecule has 0 spiro atoms. The van der Waals surface area contributed by atoms with Crippen LogP contribution in [0.4, 0.5) is 5.69 Å². The number of amides is 1. The van der Waals surface area contributed by atoms with E-state index in [0.29, 0.717) is 11.3 Å². The maximum atomic E-state index is 12.3. The van der Waals surface area contributed by atoms with Gasteiger partial charge in [-0.2, -0.15) is 0 Å². The number of anilines is 1. The molecular weight excluding hydrogens is 280 g/mol. The van der Waals surface area contributed by atoms with E-state index in [1.54, 1.807) is 26.8 Å². The van der Waals surface area contributed by atoms with Gasteiger partial charge in [0.05, 0.1) is 23.0 Å². The number of fused-ring (bicyclic) bond motifs is 1. The van der Waals surface area contributed by atoms with Gasteiger partial charge in [-0.1, -0.05) is 0 Å². The third kappa shape index (κ3) is 2.70. The van der Waals surface area contributed by atoms with Gasteiger partial charge in [-0.25, -0.2) is 13.1 Å². The second kappa shape index (κ2) is 4.83. The molecule has 1 heterocycles. The van der Waals surface area contributed by atoms with Crippen molar-refractivity contribution in [1.29, 1.82) is 0 Å². The van der Waals surface area contributed by atoms with Gasteiger partial charge in [-0.05, 0) is 44.5 Å². The highest BCUT2D eigenvalue weighted by atomic mass is 32.2. The van der Waals surface area contributed by atoms with Gasteiger partial charge in [-0.15, -0.1) is 0 Å². The van der Waals surface area contributed by atoms with Gasteiger partial charge in [0.2, 0.25) is 15.9 Å². The van der Waals surface area contributed by atoms with E-state index in [2.05, 4.69) is 10.0 Å². The summed E-state index contributed by atoms with van der Waals surface area (Å²) in [7, 11) is -3.74. The van der Waals surface area contributed by atoms with Gasteiger partial charge in [0, 0.05) is 5.69 Å². The Labute approximate surface area is 118 Å². The molecule has 0 aromatic heterocycles. The fraction of sp³-hybridized carbons (Fsp3) is 0.462. The molecule has 6 nitrogen and oxygen atoms in total. The number of aliphatic hydroxyl groups excluding tert-OH is 1. The zero-order valence-electron chi connectivity index (χ0n) is 11.6.